The number of aromatic nitrogens is 3. The fourth-order valence-corrected chi connectivity index (χ4v) is 2.15. The number of benzene rings is 1. The molecule has 0 aliphatic carbocycles. The fourth-order valence-electron chi connectivity index (χ4n) is 2.15. The lowest BCUT2D eigenvalue weighted by Crippen LogP contribution is -1.94. The highest BCUT2D eigenvalue weighted by Gasteiger charge is 2.15. The van der Waals surface area contributed by atoms with Gasteiger partial charge < -0.3 is 9.52 Å². The summed E-state index contributed by atoms with van der Waals surface area (Å²) < 4.78 is 7.40. The van der Waals surface area contributed by atoms with Gasteiger partial charge in [-0.05, 0) is 24.6 Å². The SMILES string of the molecule is CCc1nn(C)cc1-c1nc2cc(C(=O)O)ccc2o1. The standard InChI is InChI=1S/C14H13N3O3/c1-3-10-9(7-17(2)16-10)13-15-11-6-8(14(18)19)4-5-12(11)20-13/h4-7H,3H2,1-2H3,(H,18,19). The second-order valence-corrected chi connectivity index (χ2v) is 4.52. The zero-order chi connectivity index (χ0) is 14.3. The largest absolute Gasteiger partial charge is 0.478 e. The number of carboxylic acid groups (broad SMARTS) is 1. The molecule has 0 radical (unpaired) electrons. The van der Waals surface area contributed by atoms with Crippen molar-refractivity contribution in [1.29, 1.82) is 0 Å². The van der Waals surface area contributed by atoms with Gasteiger partial charge >= 0.3 is 5.97 Å². The van der Waals surface area contributed by atoms with Gasteiger partial charge in [0.15, 0.2) is 5.58 Å². The van der Waals surface area contributed by atoms with E-state index in [1.807, 2.05) is 20.2 Å². The van der Waals surface area contributed by atoms with Gasteiger partial charge in [-0.15, -0.1) is 0 Å². The number of hydrogen-bond acceptors (Lipinski definition) is 4. The zero-order valence-electron chi connectivity index (χ0n) is 11.1. The quantitative estimate of drug-likeness (QED) is 0.791. The van der Waals surface area contributed by atoms with E-state index in [4.69, 9.17) is 9.52 Å². The van der Waals surface area contributed by atoms with Gasteiger partial charge in [0.1, 0.15) is 5.52 Å². The number of carboxylic acids is 1. The molecule has 1 N–H and O–H groups in total. The summed E-state index contributed by atoms with van der Waals surface area (Å²) in [5.41, 5.74) is 3.03. The first-order valence-electron chi connectivity index (χ1n) is 6.25. The second kappa shape index (κ2) is 4.48. The van der Waals surface area contributed by atoms with Gasteiger partial charge in [0, 0.05) is 13.2 Å². The third-order valence-electron chi connectivity index (χ3n) is 3.11. The van der Waals surface area contributed by atoms with E-state index in [0.717, 1.165) is 17.7 Å². The van der Waals surface area contributed by atoms with E-state index in [1.54, 1.807) is 10.7 Å². The van der Waals surface area contributed by atoms with Crippen LogP contribution in [0.2, 0.25) is 0 Å². The van der Waals surface area contributed by atoms with Crippen LogP contribution >= 0.6 is 0 Å². The minimum atomic E-state index is -0.980. The molecule has 1 aromatic carbocycles. The van der Waals surface area contributed by atoms with Gasteiger partial charge in [-0.2, -0.15) is 5.10 Å². The lowest BCUT2D eigenvalue weighted by atomic mass is 10.2. The second-order valence-electron chi connectivity index (χ2n) is 4.52. The Morgan fingerprint density at radius 3 is 2.95 bits per heavy atom. The number of hydrogen-bond donors (Lipinski definition) is 1. The van der Waals surface area contributed by atoms with Crippen LogP contribution in [0.3, 0.4) is 0 Å². The van der Waals surface area contributed by atoms with Gasteiger partial charge in [0.25, 0.3) is 0 Å². The van der Waals surface area contributed by atoms with E-state index < -0.39 is 5.97 Å². The molecule has 20 heavy (non-hydrogen) atoms. The molecule has 0 spiro atoms. The molecule has 0 unspecified atom stereocenters. The highest BCUT2D eigenvalue weighted by molar-refractivity contribution is 5.92. The average Bonchev–Trinajstić information content (AvgIpc) is 3.00. The van der Waals surface area contributed by atoms with Crippen molar-refractivity contribution in [3.8, 4) is 11.5 Å². The summed E-state index contributed by atoms with van der Waals surface area (Å²) in [6, 6.07) is 4.63. The summed E-state index contributed by atoms with van der Waals surface area (Å²) >= 11 is 0. The molecule has 0 bridgehead atoms. The molecule has 0 amide bonds. The van der Waals surface area contributed by atoms with Crippen molar-refractivity contribution < 1.29 is 14.3 Å². The Balaban J connectivity index is 2.15. The van der Waals surface area contributed by atoms with E-state index in [0.29, 0.717) is 17.0 Å². The predicted octanol–water partition coefficient (Wildman–Crippen LogP) is 2.49. The van der Waals surface area contributed by atoms with E-state index in [2.05, 4.69) is 10.1 Å². The van der Waals surface area contributed by atoms with Crippen molar-refractivity contribution in [3.63, 3.8) is 0 Å². The van der Waals surface area contributed by atoms with E-state index in [1.165, 1.54) is 12.1 Å². The fraction of sp³-hybridized carbons (Fsp3) is 0.214. The Labute approximate surface area is 114 Å². The summed E-state index contributed by atoms with van der Waals surface area (Å²) in [4.78, 5) is 15.3. The molecular formula is C14H13N3O3. The van der Waals surface area contributed by atoms with Gasteiger partial charge in [-0.1, -0.05) is 6.92 Å². The van der Waals surface area contributed by atoms with Crippen molar-refractivity contribution in [2.75, 3.05) is 0 Å². The highest BCUT2D eigenvalue weighted by atomic mass is 16.4. The van der Waals surface area contributed by atoms with Crippen molar-refractivity contribution in [3.05, 3.63) is 35.7 Å². The Bertz CT molecular complexity index is 801. The number of aryl methyl sites for hydroxylation is 2. The Morgan fingerprint density at radius 1 is 1.45 bits per heavy atom. The van der Waals surface area contributed by atoms with Crippen LogP contribution in [-0.2, 0) is 13.5 Å². The molecule has 0 aliphatic heterocycles. The van der Waals surface area contributed by atoms with Gasteiger partial charge in [-0.25, -0.2) is 9.78 Å². The van der Waals surface area contributed by atoms with E-state index in [-0.39, 0.29) is 5.56 Å². The minimum absolute atomic E-state index is 0.194. The molecule has 6 nitrogen and oxygen atoms in total. The molecule has 2 heterocycles. The maximum atomic E-state index is 11.0. The number of rotatable bonds is 3. The predicted molar refractivity (Wildman–Crippen MR) is 72.5 cm³/mol. The summed E-state index contributed by atoms with van der Waals surface area (Å²) in [5.74, 6) is -0.514. The first-order valence-corrected chi connectivity index (χ1v) is 6.25. The van der Waals surface area contributed by atoms with Crippen LogP contribution < -0.4 is 0 Å². The molecule has 0 atom stereocenters. The topological polar surface area (TPSA) is 81.2 Å². The highest BCUT2D eigenvalue weighted by Crippen LogP contribution is 2.27. The monoisotopic (exact) mass is 271 g/mol. The molecule has 102 valence electrons. The van der Waals surface area contributed by atoms with Crippen molar-refractivity contribution in [2.45, 2.75) is 13.3 Å². The van der Waals surface area contributed by atoms with Crippen LogP contribution in [0.1, 0.15) is 23.0 Å². The zero-order valence-corrected chi connectivity index (χ0v) is 11.1. The Kier molecular flexibility index (Phi) is 2.78. The van der Waals surface area contributed by atoms with Crippen LogP contribution in [0, 0.1) is 0 Å². The van der Waals surface area contributed by atoms with Gasteiger partial charge in [0.05, 0.1) is 16.8 Å². The summed E-state index contributed by atoms with van der Waals surface area (Å²) in [6.07, 6.45) is 2.62. The molecule has 0 saturated heterocycles. The number of oxazole rings is 1. The van der Waals surface area contributed by atoms with E-state index >= 15 is 0 Å². The molecule has 6 heteroatoms. The number of carbonyl (C=O) groups is 1. The molecule has 2 aromatic heterocycles. The molecule has 3 aromatic rings. The molecular weight excluding hydrogens is 258 g/mol. The third-order valence-corrected chi connectivity index (χ3v) is 3.11. The molecule has 0 fully saturated rings. The van der Waals surface area contributed by atoms with Crippen molar-refractivity contribution in [2.24, 2.45) is 7.05 Å². The molecule has 0 saturated carbocycles. The molecule has 0 aliphatic rings. The maximum Gasteiger partial charge on any atom is 0.335 e. The first-order chi connectivity index (χ1) is 9.58. The average molecular weight is 271 g/mol. The van der Waals surface area contributed by atoms with Crippen LogP contribution in [0.4, 0.5) is 0 Å². The van der Waals surface area contributed by atoms with Crippen LogP contribution in [0.25, 0.3) is 22.6 Å². The summed E-state index contributed by atoms with van der Waals surface area (Å²) in [5, 5.41) is 13.3. The lowest BCUT2D eigenvalue weighted by molar-refractivity contribution is 0.0697. The number of aromatic carboxylic acids is 1. The third kappa shape index (κ3) is 1.95. The smallest absolute Gasteiger partial charge is 0.335 e. The molecule has 3 rings (SSSR count). The van der Waals surface area contributed by atoms with Crippen LogP contribution in [0.15, 0.2) is 28.8 Å². The maximum absolute atomic E-state index is 11.0. The van der Waals surface area contributed by atoms with Gasteiger partial charge in [0.2, 0.25) is 5.89 Å². The normalized spacial score (nSPS) is 11.1. The number of nitrogens with zero attached hydrogens (tertiary/aromatic N) is 3. The summed E-state index contributed by atoms with van der Waals surface area (Å²) in [6.45, 7) is 2.01. The lowest BCUT2D eigenvalue weighted by Gasteiger charge is -1.92. The first kappa shape index (κ1) is 12.4. The van der Waals surface area contributed by atoms with Gasteiger partial charge in [-0.3, -0.25) is 4.68 Å². The van der Waals surface area contributed by atoms with Crippen LogP contribution in [-0.4, -0.2) is 25.8 Å². The van der Waals surface area contributed by atoms with E-state index in [9.17, 15) is 4.79 Å². The minimum Gasteiger partial charge on any atom is -0.478 e. The summed E-state index contributed by atoms with van der Waals surface area (Å²) in [7, 11) is 1.84. The number of fused-ring (bicyclic) bond motifs is 1. The van der Waals surface area contributed by atoms with Crippen molar-refractivity contribution >= 4 is 17.1 Å². The van der Waals surface area contributed by atoms with Crippen molar-refractivity contribution in [1.82, 2.24) is 14.8 Å². The van der Waals surface area contributed by atoms with Crippen LogP contribution in [0.5, 0.6) is 0 Å². The Hall–Kier alpha value is -2.63. The Morgan fingerprint density at radius 2 is 2.25 bits per heavy atom.